The lowest BCUT2D eigenvalue weighted by molar-refractivity contribution is 0.347. The molecule has 1 saturated carbocycles. The van der Waals surface area contributed by atoms with E-state index in [-0.39, 0.29) is 6.04 Å². The molecule has 0 amide bonds. The molecule has 0 heterocycles. The minimum absolute atomic E-state index is 0.260. The van der Waals surface area contributed by atoms with Crippen LogP contribution in [0, 0.1) is 0 Å². The van der Waals surface area contributed by atoms with Crippen LogP contribution in [0.2, 0.25) is 10.0 Å². The van der Waals surface area contributed by atoms with Crippen molar-refractivity contribution in [3.05, 3.63) is 33.8 Å². The highest BCUT2D eigenvalue weighted by Gasteiger charge is 2.30. The highest BCUT2D eigenvalue weighted by atomic mass is 35.5. The fourth-order valence-corrected chi connectivity index (χ4v) is 2.15. The maximum absolute atomic E-state index is 6.05. The second-order valence-corrected chi connectivity index (χ2v) is 4.36. The van der Waals surface area contributed by atoms with E-state index in [2.05, 4.69) is 0 Å². The average Bonchev–Trinajstić information content (AvgIpc) is 2.09. The van der Waals surface area contributed by atoms with Gasteiger partial charge in [0, 0.05) is 22.0 Å². The molecule has 70 valence electrons. The Labute approximate surface area is 87.8 Å². The molecule has 13 heavy (non-hydrogen) atoms. The van der Waals surface area contributed by atoms with Crippen molar-refractivity contribution in [2.75, 3.05) is 0 Å². The Morgan fingerprint density at radius 1 is 1.23 bits per heavy atom. The first-order chi connectivity index (χ1) is 6.18. The van der Waals surface area contributed by atoms with Gasteiger partial charge in [-0.25, -0.2) is 0 Å². The minimum atomic E-state index is 0.260. The first kappa shape index (κ1) is 9.32. The summed E-state index contributed by atoms with van der Waals surface area (Å²) >= 11 is 11.9. The monoisotopic (exact) mass is 215 g/mol. The highest BCUT2D eigenvalue weighted by Crippen LogP contribution is 2.39. The average molecular weight is 216 g/mol. The first-order valence-electron chi connectivity index (χ1n) is 4.39. The molecular formula is C10H11Cl2N. The summed E-state index contributed by atoms with van der Waals surface area (Å²) in [4.78, 5) is 0. The molecule has 2 unspecified atom stereocenters. The maximum Gasteiger partial charge on any atom is 0.0442 e. The molecule has 1 aromatic carbocycles. The third-order valence-corrected chi connectivity index (χ3v) is 3.26. The Balaban J connectivity index is 2.33. The van der Waals surface area contributed by atoms with Crippen molar-refractivity contribution in [2.45, 2.75) is 24.8 Å². The Morgan fingerprint density at radius 2 is 2.00 bits per heavy atom. The number of halogens is 2. The molecule has 0 aromatic heterocycles. The molecule has 2 atom stereocenters. The summed E-state index contributed by atoms with van der Waals surface area (Å²) in [5.41, 5.74) is 6.98. The van der Waals surface area contributed by atoms with Crippen LogP contribution in [0.15, 0.2) is 18.2 Å². The van der Waals surface area contributed by atoms with E-state index in [0.717, 1.165) is 28.5 Å². The zero-order valence-electron chi connectivity index (χ0n) is 7.13. The Hall–Kier alpha value is -0.240. The van der Waals surface area contributed by atoms with Crippen LogP contribution in [-0.2, 0) is 0 Å². The topological polar surface area (TPSA) is 26.0 Å². The van der Waals surface area contributed by atoms with Gasteiger partial charge < -0.3 is 5.73 Å². The SMILES string of the molecule is NC1CCC1c1cc(Cl)ccc1Cl. The zero-order chi connectivity index (χ0) is 9.42. The Bertz CT molecular complexity index is 325. The van der Waals surface area contributed by atoms with Crippen LogP contribution in [0.3, 0.4) is 0 Å². The molecule has 0 spiro atoms. The lowest BCUT2D eigenvalue weighted by Crippen LogP contribution is -2.37. The molecule has 1 fully saturated rings. The van der Waals surface area contributed by atoms with Gasteiger partial charge in [-0.3, -0.25) is 0 Å². The number of hydrogen-bond acceptors (Lipinski definition) is 1. The van der Waals surface area contributed by atoms with Gasteiger partial charge in [0.05, 0.1) is 0 Å². The molecule has 3 heteroatoms. The maximum atomic E-state index is 6.05. The first-order valence-corrected chi connectivity index (χ1v) is 5.14. The van der Waals surface area contributed by atoms with Gasteiger partial charge >= 0.3 is 0 Å². The van der Waals surface area contributed by atoms with Gasteiger partial charge in [-0.05, 0) is 36.6 Å². The zero-order valence-corrected chi connectivity index (χ0v) is 8.65. The van der Waals surface area contributed by atoms with Crippen molar-refractivity contribution in [3.8, 4) is 0 Å². The second kappa shape index (κ2) is 3.49. The largest absolute Gasteiger partial charge is 0.327 e. The predicted octanol–water partition coefficient (Wildman–Crippen LogP) is 3.20. The summed E-state index contributed by atoms with van der Waals surface area (Å²) in [6.45, 7) is 0. The molecular weight excluding hydrogens is 205 g/mol. The van der Waals surface area contributed by atoms with Crippen molar-refractivity contribution in [2.24, 2.45) is 5.73 Å². The van der Waals surface area contributed by atoms with Crippen LogP contribution in [0.5, 0.6) is 0 Å². The van der Waals surface area contributed by atoms with E-state index < -0.39 is 0 Å². The summed E-state index contributed by atoms with van der Waals surface area (Å²) in [5.74, 6) is 0.409. The van der Waals surface area contributed by atoms with Gasteiger partial charge in [0.1, 0.15) is 0 Å². The van der Waals surface area contributed by atoms with Crippen molar-refractivity contribution in [3.63, 3.8) is 0 Å². The Morgan fingerprint density at radius 3 is 2.54 bits per heavy atom. The third kappa shape index (κ3) is 1.69. The van der Waals surface area contributed by atoms with Crippen LogP contribution in [0.1, 0.15) is 24.3 Å². The molecule has 0 bridgehead atoms. The van der Waals surface area contributed by atoms with Crippen LogP contribution in [0.25, 0.3) is 0 Å². The van der Waals surface area contributed by atoms with Crippen molar-refractivity contribution in [1.82, 2.24) is 0 Å². The molecule has 0 aliphatic heterocycles. The normalized spacial score (nSPS) is 27.0. The van der Waals surface area contributed by atoms with E-state index >= 15 is 0 Å². The van der Waals surface area contributed by atoms with Crippen LogP contribution in [0.4, 0.5) is 0 Å². The second-order valence-electron chi connectivity index (χ2n) is 3.51. The fourth-order valence-electron chi connectivity index (χ4n) is 1.71. The van der Waals surface area contributed by atoms with E-state index in [9.17, 15) is 0 Å². The molecule has 1 aliphatic rings. The van der Waals surface area contributed by atoms with E-state index in [4.69, 9.17) is 28.9 Å². The van der Waals surface area contributed by atoms with Crippen LogP contribution in [-0.4, -0.2) is 6.04 Å². The summed E-state index contributed by atoms with van der Waals surface area (Å²) in [7, 11) is 0. The Kier molecular flexibility index (Phi) is 2.50. The molecule has 1 aromatic rings. The van der Waals surface area contributed by atoms with Crippen LogP contribution < -0.4 is 5.73 Å². The van der Waals surface area contributed by atoms with Crippen molar-refractivity contribution >= 4 is 23.2 Å². The van der Waals surface area contributed by atoms with E-state index in [0.29, 0.717) is 5.92 Å². The van der Waals surface area contributed by atoms with Gasteiger partial charge in [-0.15, -0.1) is 0 Å². The summed E-state index contributed by atoms with van der Waals surface area (Å²) in [6.07, 6.45) is 2.22. The quantitative estimate of drug-likeness (QED) is 0.766. The van der Waals surface area contributed by atoms with Crippen molar-refractivity contribution in [1.29, 1.82) is 0 Å². The van der Waals surface area contributed by atoms with Gasteiger partial charge in [-0.1, -0.05) is 23.2 Å². The number of nitrogens with two attached hydrogens (primary N) is 1. The molecule has 0 radical (unpaired) electrons. The van der Waals surface area contributed by atoms with E-state index in [1.807, 2.05) is 12.1 Å². The van der Waals surface area contributed by atoms with Gasteiger partial charge in [-0.2, -0.15) is 0 Å². The van der Waals surface area contributed by atoms with Gasteiger partial charge in [0.25, 0.3) is 0 Å². The number of rotatable bonds is 1. The van der Waals surface area contributed by atoms with Crippen LogP contribution >= 0.6 is 23.2 Å². The summed E-state index contributed by atoms with van der Waals surface area (Å²) in [6, 6.07) is 5.83. The van der Waals surface area contributed by atoms with E-state index in [1.165, 1.54) is 0 Å². The summed E-state index contributed by atoms with van der Waals surface area (Å²) < 4.78 is 0. The highest BCUT2D eigenvalue weighted by molar-refractivity contribution is 6.33. The smallest absolute Gasteiger partial charge is 0.0442 e. The van der Waals surface area contributed by atoms with E-state index in [1.54, 1.807) is 6.07 Å². The molecule has 1 nitrogen and oxygen atoms in total. The third-order valence-electron chi connectivity index (χ3n) is 2.69. The van der Waals surface area contributed by atoms with Gasteiger partial charge in [0.15, 0.2) is 0 Å². The van der Waals surface area contributed by atoms with Crippen molar-refractivity contribution < 1.29 is 0 Å². The fraction of sp³-hybridized carbons (Fsp3) is 0.400. The standard InChI is InChI=1S/C10H11Cl2N/c11-6-1-3-9(12)8(5-6)7-2-4-10(7)13/h1,3,5,7,10H,2,4,13H2. The minimum Gasteiger partial charge on any atom is -0.327 e. The number of benzene rings is 1. The summed E-state index contributed by atoms with van der Waals surface area (Å²) in [5, 5.41) is 1.52. The van der Waals surface area contributed by atoms with Gasteiger partial charge in [0.2, 0.25) is 0 Å². The molecule has 2 N–H and O–H groups in total. The molecule has 0 saturated heterocycles. The lowest BCUT2D eigenvalue weighted by Gasteiger charge is -2.34. The molecule has 1 aliphatic carbocycles. The predicted molar refractivity (Wildman–Crippen MR) is 56.4 cm³/mol. The number of hydrogen-bond donors (Lipinski definition) is 1. The molecule has 2 rings (SSSR count). The lowest BCUT2D eigenvalue weighted by atomic mass is 9.76.